The van der Waals surface area contributed by atoms with Gasteiger partial charge in [0.15, 0.2) is 5.16 Å². The molecule has 0 radical (unpaired) electrons. The van der Waals surface area contributed by atoms with Crippen molar-refractivity contribution in [2.45, 2.75) is 32.0 Å². The number of carbonyl (C=O) groups is 1. The molecule has 0 N–H and O–H groups in total. The second-order valence-electron chi connectivity index (χ2n) is 6.87. The van der Waals surface area contributed by atoms with Gasteiger partial charge in [0.1, 0.15) is 0 Å². The predicted octanol–water partition coefficient (Wildman–Crippen LogP) is 3.77. The highest BCUT2D eigenvalue weighted by Gasteiger charge is 2.16. The van der Waals surface area contributed by atoms with Crippen LogP contribution in [0.1, 0.15) is 24.5 Å². The lowest BCUT2D eigenvalue weighted by molar-refractivity contribution is -0.129. The molecule has 0 bridgehead atoms. The molecule has 28 heavy (non-hydrogen) atoms. The highest BCUT2D eigenvalue weighted by molar-refractivity contribution is 7.99. The van der Waals surface area contributed by atoms with Gasteiger partial charge in [-0.3, -0.25) is 14.2 Å². The first-order chi connectivity index (χ1) is 13.5. The third-order valence-corrected chi connectivity index (χ3v) is 5.62. The fraction of sp³-hybridized carbons (Fsp3) is 0.318. The van der Waals surface area contributed by atoms with Crippen LogP contribution in [0.15, 0.2) is 58.5 Å². The van der Waals surface area contributed by atoms with Crippen molar-refractivity contribution in [1.29, 1.82) is 0 Å². The van der Waals surface area contributed by atoms with Crippen LogP contribution in [0.3, 0.4) is 0 Å². The van der Waals surface area contributed by atoms with Crippen molar-refractivity contribution < 1.29 is 4.79 Å². The van der Waals surface area contributed by atoms with Crippen LogP contribution in [0.25, 0.3) is 10.9 Å². The zero-order valence-electron chi connectivity index (χ0n) is 16.5. The lowest BCUT2D eigenvalue weighted by atomic mass is 10.1. The van der Waals surface area contributed by atoms with E-state index >= 15 is 0 Å². The van der Waals surface area contributed by atoms with Crippen LogP contribution in [0.2, 0.25) is 0 Å². The van der Waals surface area contributed by atoms with Crippen molar-refractivity contribution in [1.82, 2.24) is 14.5 Å². The Kier molecular flexibility index (Phi) is 6.52. The minimum absolute atomic E-state index is 0.0508. The van der Waals surface area contributed by atoms with E-state index < -0.39 is 0 Å². The van der Waals surface area contributed by atoms with Gasteiger partial charge in [0, 0.05) is 20.1 Å². The number of fused-ring (bicyclic) bond motifs is 1. The van der Waals surface area contributed by atoms with Crippen molar-refractivity contribution in [3.63, 3.8) is 0 Å². The molecule has 0 aliphatic rings. The lowest BCUT2D eigenvalue weighted by Gasteiger charge is -2.22. The molecular weight excluding hydrogens is 370 g/mol. The van der Waals surface area contributed by atoms with Crippen LogP contribution in [-0.4, -0.2) is 32.7 Å². The number of benzene rings is 2. The minimum atomic E-state index is -0.0920. The Labute approximate surface area is 169 Å². The fourth-order valence-electron chi connectivity index (χ4n) is 3.02. The number of hydrogen-bond acceptors (Lipinski definition) is 4. The van der Waals surface area contributed by atoms with Gasteiger partial charge in [-0.05, 0) is 31.0 Å². The summed E-state index contributed by atoms with van der Waals surface area (Å²) in [6.45, 7) is 5.42. The second-order valence-corrected chi connectivity index (χ2v) is 7.81. The summed E-state index contributed by atoms with van der Waals surface area (Å²) < 4.78 is 1.52. The first-order valence-corrected chi connectivity index (χ1v) is 10.4. The molecule has 5 nitrogen and oxygen atoms in total. The summed E-state index contributed by atoms with van der Waals surface area (Å²) in [4.78, 5) is 31.8. The van der Waals surface area contributed by atoms with Gasteiger partial charge >= 0.3 is 0 Å². The zero-order valence-corrected chi connectivity index (χ0v) is 17.3. The van der Waals surface area contributed by atoms with E-state index in [1.54, 1.807) is 13.1 Å². The molecule has 1 amide bonds. The molecule has 0 fully saturated rings. The molecule has 1 aromatic heterocycles. The van der Waals surface area contributed by atoms with E-state index in [0.717, 1.165) is 12.0 Å². The van der Waals surface area contributed by atoms with Gasteiger partial charge in [0.2, 0.25) is 5.91 Å². The number of hydrogen-bond donors (Lipinski definition) is 0. The minimum Gasteiger partial charge on any atom is -0.338 e. The normalized spacial score (nSPS) is 11.0. The Bertz CT molecular complexity index is 1030. The van der Waals surface area contributed by atoms with E-state index in [4.69, 9.17) is 0 Å². The van der Waals surface area contributed by atoms with Crippen LogP contribution in [-0.2, 0) is 18.4 Å². The highest BCUT2D eigenvalue weighted by Crippen LogP contribution is 2.18. The summed E-state index contributed by atoms with van der Waals surface area (Å²) >= 11 is 1.31. The molecule has 0 aliphatic heterocycles. The number of para-hydroxylation sites is 1. The smallest absolute Gasteiger partial charge is 0.261 e. The summed E-state index contributed by atoms with van der Waals surface area (Å²) in [6, 6.07) is 15.5. The molecule has 0 atom stereocenters. The molecule has 146 valence electrons. The summed E-state index contributed by atoms with van der Waals surface area (Å²) in [5.74, 6) is 0.305. The average molecular weight is 396 g/mol. The van der Waals surface area contributed by atoms with E-state index in [2.05, 4.69) is 43.1 Å². The van der Waals surface area contributed by atoms with Crippen molar-refractivity contribution >= 4 is 28.6 Å². The van der Waals surface area contributed by atoms with Crippen molar-refractivity contribution in [3.05, 3.63) is 70.0 Å². The van der Waals surface area contributed by atoms with Crippen molar-refractivity contribution in [2.24, 2.45) is 7.05 Å². The molecule has 3 rings (SSSR count). The predicted molar refractivity (Wildman–Crippen MR) is 115 cm³/mol. The number of aromatic nitrogens is 2. The third kappa shape index (κ3) is 4.62. The molecule has 3 aromatic rings. The van der Waals surface area contributed by atoms with Crippen LogP contribution in [0.4, 0.5) is 0 Å². The summed E-state index contributed by atoms with van der Waals surface area (Å²) in [5, 5.41) is 1.15. The van der Waals surface area contributed by atoms with Crippen LogP contribution in [0.5, 0.6) is 0 Å². The number of carbonyl (C=O) groups excluding carboxylic acids is 1. The molecular formula is C22H25N3O2S. The van der Waals surface area contributed by atoms with Gasteiger partial charge in [-0.15, -0.1) is 0 Å². The van der Waals surface area contributed by atoms with Gasteiger partial charge in [-0.2, -0.15) is 0 Å². The molecule has 0 unspecified atom stereocenters. The van der Waals surface area contributed by atoms with E-state index in [-0.39, 0.29) is 17.2 Å². The molecule has 0 spiro atoms. The summed E-state index contributed by atoms with van der Waals surface area (Å²) in [5.41, 5.74) is 2.89. The molecule has 0 saturated carbocycles. The van der Waals surface area contributed by atoms with E-state index in [1.807, 2.05) is 23.1 Å². The molecule has 1 heterocycles. The molecule has 0 aliphatic carbocycles. The van der Waals surface area contributed by atoms with Gasteiger partial charge in [-0.1, -0.05) is 60.6 Å². The Morgan fingerprint density at radius 1 is 1.14 bits per heavy atom. The fourth-order valence-corrected chi connectivity index (χ4v) is 3.89. The lowest BCUT2D eigenvalue weighted by Crippen LogP contribution is -2.33. The zero-order chi connectivity index (χ0) is 20.1. The first kappa shape index (κ1) is 20.1. The third-order valence-electron chi connectivity index (χ3n) is 4.61. The van der Waals surface area contributed by atoms with Crippen molar-refractivity contribution in [3.8, 4) is 0 Å². The van der Waals surface area contributed by atoms with E-state index in [0.29, 0.717) is 29.1 Å². The topological polar surface area (TPSA) is 55.2 Å². The Morgan fingerprint density at radius 2 is 1.86 bits per heavy atom. The van der Waals surface area contributed by atoms with Gasteiger partial charge < -0.3 is 4.90 Å². The standard InChI is InChI=1S/C22H25N3O2S/c1-4-13-25(14-17-11-9-16(2)10-12-17)20(26)15-28-22-23-19-8-6-5-7-18(19)21(27)24(22)3/h5-12H,4,13-15H2,1-3H3. The SMILES string of the molecule is CCCN(Cc1ccc(C)cc1)C(=O)CSc1nc2ccccc2c(=O)n1C. The van der Waals surface area contributed by atoms with Crippen molar-refractivity contribution in [2.75, 3.05) is 12.3 Å². The monoisotopic (exact) mass is 395 g/mol. The second kappa shape index (κ2) is 9.06. The number of amides is 1. The number of thioether (sulfide) groups is 1. The Balaban J connectivity index is 1.74. The maximum Gasteiger partial charge on any atom is 0.261 e. The largest absolute Gasteiger partial charge is 0.338 e. The van der Waals surface area contributed by atoms with Gasteiger partial charge in [0.05, 0.1) is 16.7 Å². The highest BCUT2D eigenvalue weighted by atomic mass is 32.2. The Morgan fingerprint density at radius 3 is 2.57 bits per heavy atom. The maximum absolute atomic E-state index is 12.8. The Hall–Kier alpha value is -2.60. The average Bonchev–Trinajstić information content (AvgIpc) is 2.70. The molecule has 2 aromatic carbocycles. The van der Waals surface area contributed by atoms with Crippen LogP contribution >= 0.6 is 11.8 Å². The number of rotatable bonds is 7. The van der Waals surface area contributed by atoms with Crippen LogP contribution < -0.4 is 5.56 Å². The van der Waals surface area contributed by atoms with Crippen LogP contribution in [0, 0.1) is 6.92 Å². The quantitative estimate of drug-likeness (QED) is 0.451. The summed E-state index contributed by atoms with van der Waals surface area (Å²) in [6.07, 6.45) is 0.898. The number of aryl methyl sites for hydroxylation is 1. The molecule has 0 saturated heterocycles. The summed E-state index contributed by atoms with van der Waals surface area (Å²) in [7, 11) is 1.70. The molecule has 6 heteroatoms. The first-order valence-electron chi connectivity index (χ1n) is 9.41. The van der Waals surface area contributed by atoms with Gasteiger partial charge in [0.25, 0.3) is 5.56 Å². The van der Waals surface area contributed by atoms with Gasteiger partial charge in [-0.25, -0.2) is 4.98 Å². The van der Waals surface area contributed by atoms with E-state index in [1.165, 1.54) is 21.9 Å². The number of nitrogens with zero attached hydrogens (tertiary/aromatic N) is 3. The van der Waals surface area contributed by atoms with E-state index in [9.17, 15) is 9.59 Å². The maximum atomic E-state index is 12.8.